The molecule has 0 radical (unpaired) electrons. The quantitative estimate of drug-likeness (QED) is 0.172. The minimum atomic E-state index is -0.487. The van der Waals surface area contributed by atoms with Crippen LogP contribution in [0.4, 0.5) is 15.8 Å². The molecule has 0 spiro atoms. The average molecular weight is 524 g/mol. The zero-order chi connectivity index (χ0) is 27.1. The molecule has 1 aliphatic heterocycles. The van der Waals surface area contributed by atoms with E-state index in [0.717, 1.165) is 28.2 Å². The SMILES string of the molecule is Cc1ccc(N2C(=O)C(=Cc3cc(C)n(-c4ccc(F)cc4)c3C)C(=O)N(c3ccc(C)cc3)C2=S)cc1. The van der Waals surface area contributed by atoms with Crippen LogP contribution in [0.15, 0.2) is 84.4 Å². The highest BCUT2D eigenvalue weighted by molar-refractivity contribution is 7.81. The van der Waals surface area contributed by atoms with Crippen molar-refractivity contribution in [3.63, 3.8) is 0 Å². The van der Waals surface area contributed by atoms with Crippen LogP contribution in [0.1, 0.15) is 28.1 Å². The van der Waals surface area contributed by atoms with Crippen molar-refractivity contribution in [2.24, 2.45) is 0 Å². The van der Waals surface area contributed by atoms with E-state index >= 15 is 0 Å². The summed E-state index contributed by atoms with van der Waals surface area (Å²) in [5.41, 5.74) is 6.45. The first-order valence-corrected chi connectivity index (χ1v) is 12.6. The first-order chi connectivity index (χ1) is 18.2. The molecular weight excluding hydrogens is 497 g/mol. The van der Waals surface area contributed by atoms with E-state index in [0.29, 0.717) is 16.9 Å². The minimum Gasteiger partial charge on any atom is -0.318 e. The minimum absolute atomic E-state index is 0.000828. The lowest BCUT2D eigenvalue weighted by atomic mass is 10.0. The Hall–Kier alpha value is -4.36. The van der Waals surface area contributed by atoms with Crippen molar-refractivity contribution in [2.45, 2.75) is 27.7 Å². The number of halogens is 1. The molecule has 1 fully saturated rings. The van der Waals surface area contributed by atoms with Gasteiger partial charge in [-0.2, -0.15) is 0 Å². The highest BCUT2D eigenvalue weighted by Crippen LogP contribution is 2.31. The van der Waals surface area contributed by atoms with Crippen LogP contribution in [0, 0.1) is 33.5 Å². The van der Waals surface area contributed by atoms with E-state index < -0.39 is 11.8 Å². The summed E-state index contributed by atoms with van der Waals surface area (Å²) in [4.78, 5) is 30.5. The third kappa shape index (κ3) is 4.46. The van der Waals surface area contributed by atoms with E-state index in [2.05, 4.69) is 0 Å². The fourth-order valence-corrected chi connectivity index (χ4v) is 5.03. The van der Waals surface area contributed by atoms with E-state index in [9.17, 15) is 14.0 Å². The number of rotatable bonds is 4. The zero-order valence-electron chi connectivity index (χ0n) is 21.5. The van der Waals surface area contributed by atoms with E-state index in [1.165, 1.54) is 21.9 Å². The summed E-state index contributed by atoms with van der Waals surface area (Å²) in [6, 6.07) is 23.0. The number of aryl methyl sites for hydroxylation is 3. The third-order valence-electron chi connectivity index (χ3n) is 6.69. The van der Waals surface area contributed by atoms with Gasteiger partial charge < -0.3 is 4.57 Å². The molecule has 2 heterocycles. The molecular formula is C31H26FN3O2S. The van der Waals surface area contributed by atoms with Gasteiger partial charge in [-0.25, -0.2) is 4.39 Å². The molecule has 0 atom stereocenters. The van der Waals surface area contributed by atoms with E-state index in [1.807, 2.05) is 86.9 Å². The standard InChI is InChI=1S/C31H26FN3O2S/c1-19-5-11-26(12-6-19)34-29(36)28(30(37)35(31(34)38)27-13-7-20(2)8-14-27)18-23-17-21(3)33(22(23)4)25-15-9-24(32)10-16-25/h5-18H,1-4H3. The number of hydrogen-bond donors (Lipinski definition) is 0. The Morgan fingerprint density at radius 2 is 1.13 bits per heavy atom. The highest BCUT2D eigenvalue weighted by Gasteiger charge is 2.41. The van der Waals surface area contributed by atoms with Crippen molar-refractivity contribution in [2.75, 3.05) is 9.80 Å². The Kier molecular flexibility index (Phi) is 6.55. The number of carbonyl (C=O) groups is 2. The monoisotopic (exact) mass is 523 g/mol. The molecule has 2 amide bonds. The number of hydrogen-bond acceptors (Lipinski definition) is 3. The van der Waals surface area contributed by atoms with Crippen molar-refractivity contribution >= 4 is 46.6 Å². The molecule has 5 rings (SSSR count). The van der Waals surface area contributed by atoms with Crippen LogP contribution >= 0.6 is 12.2 Å². The molecule has 1 saturated heterocycles. The van der Waals surface area contributed by atoms with Gasteiger partial charge in [0.1, 0.15) is 11.4 Å². The summed E-state index contributed by atoms with van der Waals surface area (Å²) in [6.45, 7) is 7.75. The second-order valence-corrected chi connectivity index (χ2v) is 9.80. The summed E-state index contributed by atoms with van der Waals surface area (Å²) >= 11 is 5.72. The van der Waals surface area contributed by atoms with E-state index in [-0.39, 0.29) is 16.5 Å². The second kappa shape index (κ2) is 9.84. The van der Waals surface area contributed by atoms with Gasteiger partial charge in [-0.05, 0) is 106 Å². The van der Waals surface area contributed by atoms with Gasteiger partial charge in [0.25, 0.3) is 11.8 Å². The summed E-state index contributed by atoms with van der Waals surface area (Å²) < 4.78 is 15.5. The maximum atomic E-state index is 13.9. The number of benzene rings is 3. The Bertz CT molecular complexity index is 1530. The van der Waals surface area contributed by atoms with Crippen LogP contribution in [0.25, 0.3) is 11.8 Å². The molecule has 0 bridgehead atoms. The number of anilines is 2. The van der Waals surface area contributed by atoms with Crippen molar-refractivity contribution in [3.8, 4) is 5.69 Å². The molecule has 3 aromatic carbocycles. The molecule has 0 N–H and O–H groups in total. The Morgan fingerprint density at radius 1 is 0.684 bits per heavy atom. The number of carbonyl (C=O) groups excluding carboxylic acids is 2. The van der Waals surface area contributed by atoms with Crippen LogP contribution in [0.3, 0.4) is 0 Å². The molecule has 5 nitrogen and oxygen atoms in total. The Morgan fingerprint density at radius 3 is 1.61 bits per heavy atom. The molecule has 1 aliphatic rings. The van der Waals surface area contributed by atoms with Crippen molar-refractivity contribution in [3.05, 3.63) is 118 Å². The lowest BCUT2D eigenvalue weighted by Crippen LogP contribution is -2.56. The number of nitrogens with zero attached hydrogens (tertiary/aromatic N) is 3. The van der Waals surface area contributed by atoms with Crippen molar-refractivity contribution < 1.29 is 14.0 Å². The highest BCUT2D eigenvalue weighted by atomic mass is 32.1. The topological polar surface area (TPSA) is 45.6 Å². The maximum Gasteiger partial charge on any atom is 0.270 e. The molecule has 0 unspecified atom stereocenters. The van der Waals surface area contributed by atoms with Gasteiger partial charge in [0.2, 0.25) is 0 Å². The predicted octanol–water partition coefficient (Wildman–Crippen LogP) is 6.60. The normalized spacial score (nSPS) is 13.9. The number of amides is 2. The van der Waals surface area contributed by atoms with Crippen molar-refractivity contribution in [1.29, 1.82) is 0 Å². The van der Waals surface area contributed by atoms with Gasteiger partial charge in [-0.3, -0.25) is 19.4 Å². The second-order valence-electron chi connectivity index (χ2n) is 9.43. The van der Waals surface area contributed by atoms with Crippen LogP contribution in [0.5, 0.6) is 0 Å². The Labute approximate surface area is 226 Å². The van der Waals surface area contributed by atoms with Crippen LogP contribution in [0.2, 0.25) is 0 Å². The molecule has 1 aromatic heterocycles. The van der Waals surface area contributed by atoms with Gasteiger partial charge in [-0.15, -0.1) is 0 Å². The van der Waals surface area contributed by atoms with E-state index in [4.69, 9.17) is 12.2 Å². The molecule has 190 valence electrons. The average Bonchev–Trinajstić information content (AvgIpc) is 3.17. The maximum absolute atomic E-state index is 13.9. The Balaban J connectivity index is 1.65. The van der Waals surface area contributed by atoms with Crippen LogP contribution < -0.4 is 9.80 Å². The summed E-state index contributed by atoms with van der Waals surface area (Å²) in [7, 11) is 0. The fourth-order valence-electron chi connectivity index (χ4n) is 4.65. The first kappa shape index (κ1) is 25.3. The van der Waals surface area contributed by atoms with Crippen LogP contribution in [-0.2, 0) is 9.59 Å². The third-order valence-corrected chi connectivity index (χ3v) is 7.05. The number of aromatic nitrogens is 1. The van der Waals surface area contributed by atoms with Gasteiger partial charge in [0.15, 0.2) is 5.11 Å². The van der Waals surface area contributed by atoms with Gasteiger partial charge in [-0.1, -0.05) is 35.4 Å². The molecule has 38 heavy (non-hydrogen) atoms. The van der Waals surface area contributed by atoms with Gasteiger partial charge >= 0.3 is 0 Å². The van der Waals surface area contributed by atoms with E-state index in [1.54, 1.807) is 18.2 Å². The van der Waals surface area contributed by atoms with Crippen LogP contribution in [-0.4, -0.2) is 21.5 Å². The first-order valence-electron chi connectivity index (χ1n) is 12.2. The lowest BCUT2D eigenvalue weighted by Gasteiger charge is -2.36. The smallest absolute Gasteiger partial charge is 0.270 e. The van der Waals surface area contributed by atoms with Gasteiger partial charge in [0.05, 0.1) is 11.4 Å². The summed E-state index contributed by atoms with van der Waals surface area (Å²) in [5.74, 6) is -1.29. The molecule has 4 aromatic rings. The lowest BCUT2D eigenvalue weighted by molar-refractivity contribution is -0.120. The van der Waals surface area contributed by atoms with Gasteiger partial charge in [0, 0.05) is 17.1 Å². The summed E-state index contributed by atoms with van der Waals surface area (Å²) in [5, 5.41) is 0.0987. The van der Waals surface area contributed by atoms with Crippen molar-refractivity contribution in [1.82, 2.24) is 4.57 Å². The molecule has 0 saturated carbocycles. The fraction of sp³-hybridized carbons (Fsp3) is 0.129. The molecule has 7 heteroatoms. The molecule has 0 aliphatic carbocycles. The number of thiocarbonyl (C=S) groups is 1. The summed E-state index contributed by atoms with van der Waals surface area (Å²) in [6.07, 6.45) is 1.62. The zero-order valence-corrected chi connectivity index (χ0v) is 22.3. The largest absolute Gasteiger partial charge is 0.318 e. The predicted molar refractivity (Wildman–Crippen MR) is 153 cm³/mol.